The summed E-state index contributed by atoms with van der Waals surface area (Å²) in [5.41, 5.74) is 1.22. The number of rotatable bonds is 2. The van der Waals surface area contributed by atoms with E-state index < -0.39 is 0 Å². The Morgan fingerprint density at radius 2 is 1.94 bits per heavy atom. The second-order valence-corrected chi connectivity index (χ2v) is 4.42. The molecule has 4 heteroatoms. The van der Waals surface area contributed by atoms with Crippen molar-refractivity contribution in [2.75, 3.05) is 20.2 Å². The topological polar surface area (TPSA) is 53.3 Å². The van der Waals surface area contributed by atoms with E-state index in [-0.39, 0.29) is 12.0 Å². The third-order valence-electron chi connectivity index (χ3n) is 3.32. The van der Waals surface area contributed by atoms with E-state index in [1.807, 2.05) is 11.0 Å². The van der Waals surface area contributed by atoms with E-state index >= 15 is 0 Å². The van der Waals surface area contributed by atoms with Crippen molar-refractivity contribution in [1.29, 1.82) is 5.26 Å². The van der Waals surface area contributed by atoms with Crippen LogP contribution in [0.4, 0.5) is 0 Å². The molecule has 1 saturated heterocycles. The maximum Gasteiger partial charge on any atom is 0.253 e. The van der Waals surface area contributed by atoms with Crippen molar-refractivity contribution in [1.82, 2.24) is 4.90 Å². The number of nitrogens with zero attached hydrogens (tertiary/aromatic N) is 2. The highest BCUT2D eigenvalue weighted by atomic mass is 16.5. The summed E-state index contributed by atoms with van der Waals surface area (Å²) >= 11 is 0. The van der Waals surface area contributed by atoms with Crippen molar-refractivity contribution >= 4 is 5.91 Å². The second kappa shape index (κ2) is 5.65. The molecule has 1 aliphatic rings. The predicted molar refractivity (Wildman–Crippen MR) is 67.1 cm³/mol. The fourth-order valence-corrected chi connectivity index (χ4v) is 2.16. The fourth-order valence-electron chi connectivity index (χ4n) is 2.16. The molecule has 0 bridgehead atoms. The van der Waals surface area contributed by atoms with E-state index in [1.165, 1.54) is 0 Å². The molecule has 2 rings (SSSR count). The van der Waals surface area contributed by atoms with E-state index in [1.54, 1.807) is 31.4 Å². The molecule has 18 heavy (non-hydrogen) atoms. The van der Waals surface area contributed by atoms with Gasteiger partial charge in [0, 0.05) is 25.8 Å². The number of carbonyl (C=O) groups is 1. The molecule has 0 N–H and O–H groups in total. The highest BCUT2D eigenvalue weighted by Crippen LogP contribution is 2.16. The van der Waals surface area contributed by atoms with Gasteiger partial charge in [-0.15, -0.1) is 0 Å². The molecule has 1 heterocycles. The van der Waals surface area contributed by atoms with Crippen molar-refractivity contribution in [3.63, 3.8) is 0 Å². The Hall–Kier alpha value is -1.86. The summed E-state index contributed by atoms with van der Waals surface area (Å²) in [6, 6.07) is 8.82. The summed E-state index contributed by atoms with van der Waals surface area (Å²) < 4.78 is 5.28. The molecule has 1 aromatic carbocycles. The third kappa shape index (κ3) is 2.69. The highest BCUT2D eigenvalue weighted by molar-refractivity contribution is 5.94. The van der Waals surface area contributed by atoms with Gasteiger partial charge in [0.25, 0.3) is 5.91 Å². The van der Waals surface area contributed by atoms with Crippen molar-refractivity contribution in [3.05, 3.63) is 35.4 Å². The number of methoxy groups -OCH3 is 1. The molecule has 0 unspecified atom stereocenters. The Kier molecular flexibility index (Phi) is 3.96. The SMILES string of the molecule is COC1CCN(C(=O)c2ccc(C#N)cc2)CC1. The maximum absolute atomic E-state index is 12.2. The zero-order valence-corrected chi connectivity index (χ0v) is 10.4. The molecule has 1 aliphatic heterocycles. The van der Waals surface area contributed by atoms with Crippen LogP contribution in [-0.2, 0) is 4.74 Å². The van der Waals surface area contributed by atoms with Crippen LogP contribution in [0.5, 0.6) is 0 Å². The lowest BCUT2D eigenvalue weighted by Crippen LogP contribution is -2.40. The van der Waals surface area contributed by atoms with Crippen LogP contribution in [0.15, 0.2) is 24.3 Å². The summed E-state index contributed by atoms with van der Waals surface area (Å²) in [6.45, 7) is 1.47. The van der Waals surface area contributed by atoms with Gasteiger partial charge in [-0.1, -0.05) is 0 Å². The van der Waals surface area contributed by atoms with E-state index in [0.29, 0.717) is 11.1 Å². The smallest absolute Gasteiger partial charge is 0.253 e. The van der Waals surface area contributed by atoms with Crippen LogP contribution in [0.3, 0.4) is 0 Å². The minimum Gasteiger partial charge on any atom is -0.381 e. The average Bonchev–Trinajstić information content (AvgIpc) is 2.47. The lowest BCUT2D eigenvalue weighted by atomic mass is 10.1. The van der Waals surface area contributed by atoms with Crippen molar-refractivity contribution in [3.8, 4) is 6.07 Å². The zero-order valence-electron chi connectivity index (χ0n) is 10.4. The van der Waals surface area contributed by atoms with Gasteiger partial charge in [-0.2, -0.15) is 5.26 Å². The van der Waals surface area contributed by atoms with Crippen molar-refractivity contribution in [2.45, 2.75) is 18.9 Å². The monoisotopic (exact) mass is 244 g/mol. The Morgan fingerprint density at radius 3 is 2.44 bits per heavy atom. The molecule has 1 aromatic rings. The lowest BCUT2D eigenvalue weighted by molar-refractivity contribution is 0.0351. The minimum atomic E-state index is 0.0362. The molecular formula is C14H16N2O2. The van der Waals surface area contributed by atoms with Gasteiger partial charge in [-0.05, 0) is 37.1 Å². The highest BCUT2D eigenvalue weighted by Gasteiger charge is 2.23. The quantitative estimate of drug-likeness (QED) is 0.797. The molecule has 0 aromatic heterocycles. The molecule has 0 atom stereocenters. The van der Waals surface area contributed by atoms with Gasteiger partial charge < -0.3 is 9.64 Å². The van der Waals surface area contributed by atoms with Crippen LogP contribution in [-0.4, -0.2) is 37.1 Å². The number of amides is 1. The first kappa shape index (κ1) is 12.6. The van der Waals surface area contributed by atoms with Crippen LogP contribution in [0, 0.1) is 11.3 Å². The predicted octanol–water partition coefficient (Wildman–Crippen LogP) is 1.81. The number of piperidine rings is 1. The van der Waals surface area contributed by atoms with Gasteiger partial charge in [0.05, 0.1) is 17.7 Å². The third-order valence-corrected chi connectivity index (χ3v) is 3.32. The van der Waals surface area contributed by atoms with E-state index in [9.17, 15) is 4.79 Å². The number of ether oxygens (including phenoxy) is 1. The van der Waals surface area contributed by atoms with Crippen LogP contribution in [0.25, 0.3) is 0 Å². The second-order valence-electron chi connectivity index (χ2n) is 4.42. The molecular weight excluding hydrogens is 228 g/mol. The largest absolute Gasteiger partial charge is 0.381 e. The molecule has 94 valence electrons. The van der Waals surface area contributed by atoms with Crippen LogP contribution >= 0.6 is 0 Å². The first-order chi connectivity index (χ1) is 8.74. The standard InChI is InChI=1S/C14H16N2O2/c1-18-13-6-8-16(9-7-13)14(17)12-4-2-11(10-15)3-5-12/h2-5,13H,6-9H2,1H3. The number of benzene rings is 1. The molecule has 0 aliphatic carbocycles. The Morgan fingerprint density at radius 1 is 1.33 bits per heavy atom. The number of nitriles is 1. The summed E-state index contributed by atoms with van der Waals surface area (Å²) in [6.07, 6.45) is 2.05. The van der Waals surface area contributed by atoms with E-state index in [2.05, 4.69) is 0 Å². The van der Waals surface area contributed by atoms with Crippen molar-refractivity contribution < 1.29 is 9.53 Å². The first-order valence-electron chi connectivity index (χ1n) is 6.07. The number of hydrogen-bond acceptors (Lipinski definition) is 3. The zero-order chi connectivity index (χ0) is 13.0. The van der Waals surface area contributed by atoms with E-state index in [4.69, 9.17) is 10.00 Å². The molecule has 4 nitrogen and oxygen atoms in total. The summed E-state index contributed by atoms with van der Waals surface area (Å²) in [5.74, 6) is 0.0362. The number of carbonyl (C=O) groups excluding carboxylic acids is 1. The fraction of sp³-hybridized carbons (Fsp3) is 0.429. The molecule has 0 radical (unpaired) electrons. The molecule has 0 spiro atoms. The van der Waals surface area contributed by atoms with Gasteiger partial charge >= 0.3 is 0 Å². The van der Waals surface area contributed by atoms with Crippen LogP contribution < -0.4 is 0 Å². The first-order valence-corrected chi connectivity index (χ1v) is 6.07. The lowest BCUT2D eigenvalue weighted by Gasteiger charge is -2.31. The summed E-state index contributed by atoms with van der Waals surface area (Å²) in [7, 11) is 1.71. The van der Waals surface area contributed by atoms with Gasteiger partial charge in [-0.3, -0.25) is 4.79 Å². The molecule has 0 saturated carbocycles. The normalized spacial score (nSPS) is 16.3. The van der Waals surface area contributed by atoms with E-state index in [0.717, 1.165) is 25.9 Å². The summed E-state index contributed by atoms with van der Waals surface area (Å²) in [5, 5.41) is 8.71. The molecule has 1 amide bonds. The maximum atomic E-state index is 12.2. The number of likely N-dealkylation sites (tertiary alicyclic amines) is 1. The minimum absolute atomic E-state index is 0.0362. The van der Waals surface area contributed by atoms with Gasteiger partial charge in [-0.25, -0.2) is 0 Å². The molecule has 1 fully saturated rings. The Balaban J connectivity index is 2.01. The number of hydrogen-bond donors (Lipinski definition) is 0. The van der Waals surface area contributed by atoms with Crippen molar-refractivity contribution in [2.24, 2.45) is 0 Å². The van der Waals surface area contributed by atoms with Gasteiger partial charge in [0.1, 0.15) is 0 Å². The Labute approximate surface area is 107 Å². The Bertz CT molecular complexity index is 454. The summed E-state index contributed by atoms with van der Waals surface area (Å²) in [4.78, 5) is 14.0. The van der Waals surface area contributed by atoms with Gasteiger partial charge in [0.15, 0.2) is 0 Å². The van der Waals surface area contributed by atoms with Gasteiger partial charge in [0.2, 0.25) is 0 Å². The van der Waals surface area contributed by atoms with Crippen LogP contribution in [0.2, 0.25) is 0 Å². The average molecular weight is 244 g/mol. The van der Waals surface area contributed by atoms with Crippen LogP contribution in [0.1, 0.15) is 28.8 Å².